The summed E-state index contributed by atoms with van der Waals surface area (Å²) in [4.78, 5) is 12.3. The van der Waals surface area contributed by atoms with Crippen molar-refractivity contribution in [1.82, 2.24) is 0 Å². The van der Waals surface area contributed by atoms with E-state index in [-0.39, 0.29) is 17.6 Å². The third-order valence-corrected chi connectivity index (χ3v) is 5.29. The molecule has 4 rings (SSSR count). The Hall–Kier alpha value is -2.23. The maximum Gasteiger partial charge on any atom is 0.225 e. The molecule has 3 aromatic carbocycles. The maximum absolute atomic E-state index is 12.3. The van der Waals surface area contributed by atoms with Gasteiger partial charge in [0.15, 0.2) is 0 Å². The van der Waals surface area contributed by atoms with Gasteiger partial charge in [0.05, 0.1) is 15.7 Å². The van der Waals surface area contributed by atoms with Gasteiger partial charge in [-0.1, -0.05) is 59.6 Å². The summed E-state index contributed by atoms with van der Waals surface area (Å²) in [7, 11) is 0. The van der Waals surface area contributed by atoms with E-state index in [0.29, 0.717) is 21.9 Å². The van der Waals surface area contributed by atoms with Crippen molar-refractivity contribution in [2.24, 2.45) is 0 Å². The summed E-state index contributed by atoms with van der Waals surface area (Å²) in [6.07, 6.45) is 0.303. The second kappa shape index (κ2) is 5.69. The van der Waals surface area contributed by atoms with Crippen LogP contribution in [-0.2, 0) is 4.79 Å². The predicted molar refractivity (Wildman–Crippen MR) is 97.2 cm³/mol. The van der Waals surface area contributed by atoms with Gasteiger partial charge < -0.3 is 10.4 Å². The first-order valence-corrected chi connectivity index (χ1v) is 8.30. The molecule has 1 aliphatic rings. The number of aromatic hydroxyl groups is 1. The SMILES string of the molecule is O=C1C[C@H](c2cccc(Cl)c2Cl)c2ccc3c(O)cccc3c2N1. The van der Waals surface area contributed by atoms with Gasteiger partial charge in [0.1, 0.15) is 5.75 Å². The molecule has 2 N–H and O–H groups in total. The molecule has 5 heteroatoms. The Morgan fingerprint density at radius 3 is 2.58 bits per heavy atom. The molecule has 1 amide bonds. The van der Waals surface area contributed by atoms with Crippen molar-refractivity contribution in [3.05, 3.63) is 69.7 Å². The van der Waals surface area contributed by atoms with Crippen LogP contribution in [0, 0.1) is 0 Å². The van der Waals surface area contributed by atoms with Gasteiger partial charge in [0, 0.05) is 23.1 Å². The van der Waals surface area contributed by atoms with Crippen LogP contribution in [0.15, 0.2) is 48.5 Å². The first-order chi connectivity index (χ1) is 11.6. The van der Waals surface area contributed by atoms with Gasteiger partial charge in [0.2, 0.25) is 5.91 Å². The van der Waals surface area contributed by atoms with E-state index in [9.17, 15) is 9.90 Å². The molecular weight excluding hydrogens is 345 g/mol. The van der Waals surface area contributed by atoms with E-state index in [1.807, 2.05) is 30.3 Å². The molecule has 0 aromatic heterocycles. The van der Waals surface area contributed by atoms with E-state index in [2.05, 4.69) is 5.32 Å². The van der Waals surface area contributed by atoms with Gasteiger partial charge in [0.25, 0.3) is 0 Å². The summed E-state index contributed by atoms with van der Waals surface area (Å²) in [5, 5.41) is 15.4. The maximum atomic E-state index is 12.3. The van der Waals surface area contributed by atoms with Crippen LogP contribution in [0.3, 0.4) is 0 Å². The highest BCUT2D eigenvalue weighted by atomic mass is 35.5. The topological polar surface area (TPSA) is 49.3 Å². The summed E-state index contributed by atoms with van der Waals surface area (Å²) in [5.74, 6) is -0.0708. The van der Waals surface area contributed by atoms with Crippen LogP contribution in [0.4, 0.5) is 5.69 Å². The molecule has 0 radical (unpaired) electrons. The third kappa shape index (κ3) is 2.32. The molecule has 0 aliphatic carbocycles. The van der Waals surface area contributed by atoms with Crippen LogP contribution in [0.1, 0.15) is 23.5 Å². The minimum atomic E-state index is -0.174. The fourth-order valence-corrected chi connectivity index (χ4v) is 3.78. The smallest absolute Gasteiger partial charge is 0.225 e. The number of benzene rings is 3. The zero-order chi connectivity index (χ0) is 16.8. The van der Waals surface area contributed by atoms with Crippen LogP contribution >= 0.6 is 23.2 Å². The van der Waals surface area contributed by atoms with E-state index in [1.165, 1.54) is 0 Å². The lowest BCUT2D eigenvalue weighted by atomic mass is 9.83. The number of phenolic OH excluding ortho intramolecular Hbond substituents is 1. The highest BCUT2D eigenvalue weighted by Gasteiger charge is 2.29. The standard InChI is InChI=1S/C19H13Cl2NO2/c20-15-5-1-3-11(18(15)21)14-9-17(24)22-19-12-4-2-6-16(23)10(12)7-8-13(14)19/h1-8,14,23H,9H2,(H,22,24)/t14-/m1/s1. The van der Waals surface area contributed by atoms with Gasteiger partial charge >= 0.3 is 0 Å². The summed E-state index contributed by atoms with van der Waals surface area (Å²) in [5.41, 5.74) is 2.53. The molecule has 0 bridgehead atoms. The van der Waals surface area contributed by atoms with Gasteiger partial charge in [-0.25, -0.2) is 0 Å². The van der Waals surface area contributed by atoms with E-state index < -0.39 is 0 Å². The largest absolute Gasteiger partial charge is 0.507 e. The summed E-state index contributed by atoms with van der Waals surface area (Å²) in [6, 6.07) is 14.5. The first-order valence-electron chi connectivity index (χ1n) is 7.54. The van der Waals surface area contributed by atoms with Crippen molar-refractivity contribution < 1.29 is 9.90 Å². The molecule has 120 valence electrons. The predicted octanol–water partition coefficient (Wildman–Crippen LogP) is 5.33. The van der Waals surface area contributed by atoms with Crippen LogP contribution in [0.25, 0.3) is 10.8 Å². The number of phenols is 1. The average Bonchev–Trinajstić information content (AvgIpc) is 2.57. The Balaban J connectivity index is 1.98. The lowest BCUT2D eigenvalue weighted by Gasteiger charge is -2.28. The van der Waals surface area contributed by atoms with E-state index >= 15 is 0 Å². The second-order valence-electron chi connectivity index (χ2n) is 5.85. The summed E-state index contributed by atoms with van der Waals surface area (Å²) >= 11 is 12.5. The van der Waals surface area contributed by atoms with Crippen molar-refractivity contribution in [3.8, 4) is 5.75 Å². The fraction of sp³-hybridized carbons (Fsp3) is 0.105. The number of anilines is 1. The molecule has 0 spiro atoms. The molecule has 1 aliphatic heterocycles. The van der Waals surface area contributed by atoms with Crippen molar-refractivity contribution in [2.75, 3.05) is 5.32 Å². The molecule has 3 nitrogen and oxygen atoms in total. The number of amides is 1. The number of hydrogen-bond donors (Lipinski definition) is 2. The van der Waals surface area contributed by atoms with E-state index in [4.69, 9.17) is 23.2 Å². The minimum absolute atomic E-state index is 0.0839. The van der Waals surface area contributed by atoms with E-state index in [1.54, 1.807) is 18.2 Å². The van der Waals surface area contributed by atoms with Gasteiger partial charge in [-0.05, 0) is 23.3 Å². The molecule has 0 saturated carbocycles. The highest BCUT2D eigenvalue weighted by molar-refractivity contribution is 6.42. The van der Waals surface area contributed by atoms with Crippen LogP contribution in [-0.4, -0.2) is 11.0 Å². The number of carbonyl (C=O) groups excluding carboxylic acids is 1. The summed E-state index contributed by atoms with van der Waals surface area (Å²) in [6.45, 7) is 0. The van der Waals surface area contributed by atoms with Crippen LogP contribution < -0.4 is 5.32 Å². The van der Waals surface area contributed by atoms with Gasteiger partial charge in [-0.2, -0.15) is 0 Å². The zero-order valence-corrected chi connectivity index (χ0v) is 14.0. The Labute approximate surface area is 148 Å². The van der Waals surface area contributed by atoms with Crippen molar-refractivity contribution in [2.45, 2.75) is 12.3 Å². The highest BCUT2D eigenvalue weighted by Crippen LogP contribution is 2.45. The van der Waals surface area contributed by atoms with Crippen molar-refractivity contribution in [1.29, 1.82) is 0 Å². The molecule has 1 atom stereocenters. The lowest BCUT2D eigenvalue weighted by Crippen LogP contribution is -2.24. The first kappa shape index (κ1) is 15.3. The zero-order valence-electron chi connectivity index (χ0n) is 12.5. The third-order valence-electron chi connectivity index (χ3n) is 4.46. The number of rotatable bonds is 1. The quantitative estimate of drug-likeness (QED) is 0.618. The molecule has 0 saturated heterocycles. The Kier molecular flexibility index (Phi) is 3.63. The second-order valence-corrected chi connectivity index (χ2v) is 6.64. The van der Waals surface area contributed by atoms with Crippen LogP contribution in [0.2, 0.25) is 10.0 Å². The van der Waals surface area contributed by atoms with Gasteiger partial charge in [-0.3, -0.25) is 4.79 Å². The number of carbonyl (C=O) groups is 1. The number of halogens is 2. The lowest BCUT2D eigenvalue weighted by molar-refractivity contribution is -0.116. The number of nitrogens with one attached hydrogen (secondary N) is 1. The minimum Gasteiger partial charge on any atom is -0.507 e. The van der Waals surface area contributed by atoms with Gasteiger partial charge in [-0.15, -0.1) is 0 Å². The van der Waals surface area contributed by atoms with E-state index in [0.717, 1.165) is 22.2 Å². The Morgan fingerprint density at radius 2 is 1.75 bits per heavy atom. The molecular formula is C19H13Cl2NO2. The monoisotopic (exact) mass is 357 g/mol. The molecule has 0 fully saturated rings. The fourth-order valence-electron chi connectivity index (χ4n) is 3.34. The number of hydrogen-bond acceptors (Lipinski definition) is 2. The molecule has 24 heavy (non-hydrogen) atoms. The Morgan fingerprint density at radius 1 is 0.958 bits per heavy atom. The molecule has 0 unspecified atom stereocenters. The molecule has 3 aromatic rings. The number of fused-ring (bicyclic) bond motifs is 3. The summed E-state index contributed by atoms with van der Waals surface area (Å²) < 4.78 is 0. The Bertz CT molecular complexity index is 985. The van der Waals surface area contributed by atoms with Crippen LogP contribution in [0.5, 0.6) is 5.75 Å². The van der Waals surface area contributed by atoms with Crippen molar-refractivity contribution >= 4 is 45.6 Å². The van der Waals surface area contributed by atoms with Crippen molar-refractivity contribution in [3.63, 3.8) is 0 Å². The normalized spacial score (nSPS) is 16.8. The molecule has 1 heterocycles. The average molecular weight is 358 g/mol.